The Morgan fingerprint density at radius 3 is 2.90 bits per heavy atom. The highest BCUT2D eigenvalue weighted by atomic mass is 32.1. The smallest absolute Gasteiger partial charge is 0.223 e. The number of rotatable bonds is 4. The number of carbonyl (C=O) groups excluding carboxylic acids is 1. The maximum absolute atomic E-state index is 12.4. The minimum atomic E-state index is -0.0231. The van der Waals surface area contributed by atoms with Gasteiger partial charge in [0.15, 0.2) is 0 Å². The van der Waals surface area contributed by atoms with Crippen molar-refractivity contribution in [3.8, 4) is 0 Å². The maximum Gasteiger partial charge on any atom is 0.223 e. The quantitative estimate of drug-likeness (QED) is 0.897. The third-order valence-electron chi connectivity index (χ3n) is 5.07. The van der Waals surface area contributed by atoms with Crippen molar-refractivity contribution in [2.75, 3.05) is 6.54 Å². The molecule has 0 radical (unpaired) electrons. The highest BCUT2D eigenvalue weighted by Gasteiger charge is 2.44. The van der Waals surface area contributed by atoms with Crippen molar-refractivity contribution in [1.82, 2.24) is 5.32 Å². The Hall–Kier alpha value is -0.870. The lowest BCUT2D eigenvalue weighted by Crippen LogP contribution is -2.51. The summed E-state index contributed by atoms with van der Waals surface area (Å²) in [4.78, 5) is 13.8. The zero-order valence-corrected chi connectivity index (χ0v) is 13.5. The molecular formula is C16H26N2OS. The molecule has 1 aliphatic rings. The van der Waals surface area contributed by atoms with Crippen LogP contribution in [0.15, 0.2) is 17.5 Å². The van der Waals surface area contributed by atoms with Crippen LogP contribution in [0.3, 0.4) is 0 Å². The van der Waals surface area contributed by atoms with Crippen LogP contribution in [0.4, 0.5) is 0 Å². The van der Waals surface area contributed by atoms with Gasteiger partial charge in [0.2, 0.25) is 5.91 Å². The van der Waals surface area contributed by atoms with Crippen LogP contribution in [0.25, 0.3) is 0 Å². The summed E-state index contributed by atoms with van der Waals surface area (Å²) in [6.45, 7) is 7.27. The number of thiophene rings is 1. The largest absolute Gasteiger partial charge is 0.355 e. The molecule has 0 saturated heterocycles. The maximum atomic E-state index is 12.4. The Bertz CT molecular complexity index is 441. The Morgan fingerprint density at radius 1 is 1.50 bits per heavy atom. The van der Waals surface area contributed by atoms with Crippen molar-refractivity contribution in [2.24, 2.45) is 23.0 Å². The third kappa shape index (κ3) is 3.23. The predicted octanol–water partition coefficient (Wildman–Crippen LogP) is 2.81. The number of carbonyl (C=O) groups is 1. The van der Waals surface area contributed by atoms with E-state index < -0.39 is 0 Å². The van der Waals surface area contributed by atoms with Crippen LogP contribution in [0.2, 0.25) is 0 Å². The van der Waals surface area contributed by atoms with Crippen molar-refractivity contribution in [1.29, 1.82) is 0 Å². The second kappa shape index (κ2) is 6.27. The number of amides is 1. The van der Waals surface area contributed by atoms with Crippen molar-refractivity contribution in [2.45, 2.75) is 46.1 Å². The van der Waals surface area contributed by atoms with Crippen molar-refractivity contribution in [3.63, 3.8) is 0 Å². The van der Waals surface area contributed by atoms with Crippen molar-refractivity contribution >= 4 is 17.2 Å². The first-order chi connectivity index (χ1) is 9.43. The van der Waals surface area contributed by atoms with E-state index >= 15 is 0 Å². The SMILES string of the molecule is CC1C(N)CCC(C(=O)NCCc2cccs2)C1(C)C. The number of hydrogen-bond acceptors (Lipinski definition) is 3. The molecule has 4 heteroatoms. The molecule has 1 aromatic rings. The van der Waals surface area contributed by atoms with Crippen LogP contribution in [0, 0.1) is 17.3 Å². The third-order valence-corrected chi connectivity index (χ3v) is 6.01. The number of nitrogens with one attached hydrogen (secondary N) is 1. The average Bonchev–Trinajstić information content (AvgIpc) is 2.89. The van der Waals surface area contributed by atoms with Crippen molar-refractivity contribution in [3.05, 3.63) is 22.4 Å². The lowest BCUT2D eigenvalue weighted by atomic mass is 9.61. The van der Waals surface area contributed by atoms with E-state index in [1.807, 2.05) is 0 Å². The molecule has 3 N–H and O–H groups in total. The van der Waals surface area contributed by atoms with Gasteiger partial charge in [0.1, 0.15) is 0 Å². The van der Waals surface area contributed by atoms with Gasteiger partial charge in [-0.2, -0.15) is 0 Å². The van der Waals surface area contributed by atoms with Gasteiger partial charge in [-0.3, -0.25) is 4.79 Å². The minimum Gasteiger partial charge on any atom is -0.355 e. The fraction of sp³-hybridized carbons (Fsp3) is 0.688. The Kier molecular flexibility index (Phi) is 4.86. The highest BCUT2D eigenvalue weighted by Crippen LogP contribution is 2.44. The lowest BCUT2D eigenvalue weighted by molar-refractivity contribution is -0.132. The number of hydrogen-bond donors (Lipinski definition) is 2. The summed E-state index contributed by atoms with van der Waals surface area (Å²) < 4.78 is 0. The zero-order chi connectivity index (χ0) is 14.8. The van der Waals surface area contributed by atoms with Crippen LogP contribution >= 0.6 is 11.3 Å². The van der Waals surface area contributed by atoms with Gasteiger partial charge in [-0.25, -0.2) is 0 Å². The molecule has 0 aromatic carbocycles. The topological polar surface area (TPSA) is 55.1 Å². The summed E-state index contributed by atoms with van der Waals surface area (Å²) in [6, 6.07) is 4.39. The lowest BCUT2D eigenvalue weighted by Gasteiger charge is -2.46. The van der Waals surface area contributed by atoms with Gasteiger partial charge in [0, 0.05) is 23.4 Å². The first kappa shape index (κ1) is 15.5. The van der Waals surface area contributed by atoms with E-state index in [9.17, 15) is 4.79 Å². The van der Waals surface area contributed by atoms with E-state index in [1.54, 1.807) is 11.3 Å². The zero-order valence-electron chi connectivity index (χ0n) is 12.7. The van der Waals surface area contributed by atoms with Gasteiger partial charge in [0.25, 0.3) is 0 Å². The molecule has 1 aliphatic carbocycles. The van der Waals surface area contributed by atoms with Gasteiger partial charge in [-0.1, -0.05) is 26.8 Å². The molecule has 1 amide bonds. The molecule has 1 heterocycles. The highest BCUT2D eigenvalue weighted by molar-refractivity contribution is 7.09. The molecule has 3 atom stereocenters. The molecule has 3 unspecified atom stereocenters. The molecule has 0 aliphatic heterocycles. The molecule has 1 saturated carbocycles. The Balaban J connectivity index is 1.88. The standard InChI is InChI=1S/C16H26N2OS/c1-11-14(17)7-6-13(16(11,2)3)15(19)18-9-8-12-5-4-10-20-12/h4-5,10-11,13-14H,6-9,17H2,1-3H3,(H,18,19). The Labute approximate surface area is 125 Å². The summed E-state index contributed by atoms with van der Waals surface area (Å²) in [7, 11) is 0. The van der Waals surface area contributed by atoms with E-state index in [1.165, 1.54) is 4.88 Å². The van der Waals surface area contributed by atoms with Crippen LogP contribution in [-0.2, 0) is 11.2 Å². The first-order valence-corrected chi connectivity index (χ1v) is 8.36. The van der Waals surface area contributed by atoms with Gasteiger partial charge < -0.3 is 11.1 Å². The monoisotopic (exact) mass is 294 g/mol. The van der Waals surface area contributed by atoms with Gasteiger partial charge in [-0.15, -0.1) is 11.3 Å². The van der Waals surface area contributed by atoms with Gasteiger partial charge in [0.05, 0.1) is 0 Å². The van der Waals surface area contributed by atoms with E-state index in [4.69, 9.17) is 5.73 Å². The molecule has 2 rings (SSSR count). The van der Waals surface area contributed by atoms with Crippen molar-refractivity contribution < 1.29 is 4.79 Å². The summed E-state index contributed by atoms with van der Waals surface area (Å²) >= 11 is 1.74. The van der Waals surface area contributed by atoms with Crippen LogP contribution in [0.1, 0.15) is 38.5 Å². The molecule has 112 valence electrons. The van der Waals surface area contributed by atoms with Crippen LogP contribution in [0.5, 0.6) is 0 Å². The summed E-state index contributed by atoms with van der Waals surface area (Å²) in [5, 5.41) is 5.18. The second-order valence-corrected chi connectivity index (χ2v) is 7.56. The molecule has 1 fully saturated rings. The fourth-order valence-electron chi connectivity index (χ4n) is 3.21. The normalized spacial score (nSPS) is 29.1. The molecule has 20 heavy (non-hydrogen) atoms. The van der Waals surface area contributed by atoms with Gasteiger partial charge in [-0.05, 0) is 42.0 Å². The minimum absolute atomic E-state index is 0.0231. The predicted molar refractivity (Wildman–Crippen MR) is 84.7 cm³/mol. The first-order valence-electron chi connectivity index (χ1n) is 7.48. The molecule has 3 nitrogen and oxygen atoms in total. The van der Waals surface area contributed by atoms with Crippen LogP contribution in [-0.4, -0.2) is 18.5 Å². The van der Waals surface area contributed by atoms with E-state index in [0.717, 1.165) is 25.8 Å². The molecular weight excluding hydrogens is 268 g/mol. The number of nitrogens with two attached hydrogens (primary N) is 1. The second-order valence-electron chi connectivity index (χ2n) is 6.52. The summed E-state index contributed by atoms with van der Waals surface area (Å²) in [5.41, 5.74) is 6.13. The van der Waals surface area contributed by atoms with Gasteiger partial charge >= 0.3 is 0 Å². The van der Waals surface area contributed by atoms with E-state index in [0.29, 0.717) is 5.92 Å². The molecule has 1 aromatic heterocycles. The molecule has 0 spiro atoms. The summed E-state index contributed by atoms with van der Waals surface area (Å²) in [5.74, 6) is 0.662. The molecule has 0 bridgehead atoms. The van der Waals surface area contributed by atoms with E-state index in [-0.39, 0.29) is 23.3 Å². The van der Waals surface area contributed by atoms with Crippen LogP contribution < -0.4 is 11.1 Å². The fourth-order valence-corrected chi connectivity index (χ4v) is 3.92. The summed E-state index contributed by atoms with van der Waals surface area (Å²) in [6.07, 6.45) is 2.78. The van der Waals surface area contributed by atoms with E-state index in [2.05, 4.69) is 43.6 Å². The Morgan fingerprint density at radius 2 is 2.25 bits per heavy atom. The average molecular weight is 294 g/mol.